The molecule has 1 atom stereocenters. The molecule has 1 N–H and O–H groups in total. The van der Waals surface area contributed by atoms with Crippen molar-refractivity contribution in [1.29, 1.82) is 0 Å². The Hall–Kier alpha value is -1.36. The van der Waals surface area contributed by atoms with Crippen LogP contribution in [-0.4, -0.2) is 18.5 Å². The van der Waals surface area contributed by atoms with Crippen LogP contribution in [0.1, 0.15) is 74.2 Å². The van der Waals surface area contributed by atoms with Gasteiger partial charge in [0.2, 0.25) is 5.91 Å². The molecule has 1 amide bonds. The summed E-state index contributed by atoms with van der Waals surface area (Å²) in [5.74, 6) is 0.373. The number of hydrogen-bond donors (Lipinski definition) is 1. The van der Waals surface area contributed by atoms with Crippen LogP contribution in [0, 0.1) is 11.8 Å². The van der Waals surface area contributed by atoms with Crippen molar-refractivity contribution < 1.29 is 14.3 Å². The molecule has 0 aromatic carbocycles. The van der Waals surface area contributed by atoms with Gasteiger partial charge in [-0.1, -0.05) is 27.2 Å². The topological polar surface area (TPSA) is 55.4 Å². The summed E-state index contributed by atoms with van der Waals surface area (Å²) in [6.07, 6.45) is 5.78. The second-order valence-corrected chi connectivity index (χ2v) is 7.55. The summed E-state index contributed by atoms with van der Waals surface area (Å²) in [4.78, 5) is 26.2. The predicted octanol–water partition coefficient (Wildman–Crippen LogP) is 4.81. The number of nitrogens with one attached hydrogen (secondary N) is 1. The van der Waals surface area contributed by atoms with Gasteiger partial charge in [-0.2, -0.15) is 0 Å². The van der Waals surface area contributed by atoms with Crippen LogP contribution < -0.4 is 5.32 Å². The van der Waals surface area contributed by atoms with Crippen molar-refractivity contribution in [1.82, 2.24) is 0 Å². The highest BCUT2D eigenvalue weighted by Gasteiger charge is 2.30. The Morgan fingerprint density at radius 1 is 1.25 bits per heavy atom. The minimum atomic E-state index is -0.301. The summed E-state index contributed by atoms with van der Waals surface area (Å²) in [5, 5.41) is 3.71. The second-order valence-electron chi connectivity index (χ2n) is 6.45. The maximum atomic E-state index is 12.5. The zero-order valence-corrected chi connectivity index (χ0v) is 16.1. The van der Waals surface area contributed by atoms with Crippen LogP contribution in [0.25, 0.3) is 0 Å². The fourth-order valence-electron chi connectivity index (χ4n) is 3.38. The first-order chi connectivity index (χ1) is 11.5. The molecule has 0 spiro atoms. The average Bonchev–Trinajstić information content (AvgIpc) is 2.92. The van der Waals surface area contributed by atoms with E-state index in [9.17, 15) is 9.59 Å². The van der Waals surface area contributed by atoms with Crippen molar-refractivity contribution >= 4 is 28.2 Å². The largest absolute Gasteiger partial charge is 0.462 e. The fraction of sp³-hybridized carbons (Fsp3) is 0.684. The number of rotatable bonds is 7. The molecular weight excluding hydrogens is 322 g/mol. The first kappa shape index (κ1) is 19.0. The van der Waals surface area contributed by atoms with Gasteiger partial charge in [0.25, 0.3) is 0 Å². The van der Waals surface area contributed by atoms with E-state index in [1.807, 2.05) is 20.8 Å². The molecule has 0 bridgehead atoms. The van der Waals surface area contributed by atoms with Crippen molar-refractivity contribution in [3.05, 3.63) is 16.0 Å². The van der Waals surface area contributed by atoms with Crippen molar-refractivity contribution in [3.63, 3.8) is 0 Å². The predicted molar refractivity (Wildman–Crippen MR) is 98.8 cm³/mol. The highest BCUT2D eigenvalue weighted by molar-refractivity contribution is 7.17. The van der Waals surface area contributed by atoms with Crippen molar-refractivity contribution in [2.24, 2.45) is 11.8 Å². The Bertz CT molecular complexity index is 590. The van der Waals surface area contributed by atoms with Gasteiger partial charge >= 0.3 is 5.97 Å². The highest BCUT2D eigenvalue weighted by Crippen LogP contribution is 2.41. The summed E-state index contributed by atoms with van der Waals surface area (Å²) >= 11 is 1.57. The molecule has 0 saturated carbocycles. The Kier molecular flexibility index (Phi) is 6.84. The molecule has 1 aliphatic carbocycles. The van der Waals surface area contributed by atoms with Gasteiger partial charge in [-0.15, -0.1) is 11.3 Å². The molecule has 0 fully saturated rings. The molecule has 4 nitrogen and oxygen atoms in total. The minimum Gasteiger partial charge on any atom is -0.462 e. The molecule has 0 saturated heterocycles. The van der Waals surface area contributed by atoms with Crippen LogP contribution in [0.4, 0.5) is 5.00 Å². The van der Waals surface area contributed by atoms with Crippen LogP contribution in [0.3, 0.4) is 0 Å². The van der Waals surface area contributed by atoms with E-state index in [1.165, 1.54) is 4.88 Å². The van der Waals surface area contributed by atoms with Crippen LogP contribution in [-0.2, 0) is 22.4 Å². The van der Waals surface area contributed by atoms with Crippen LogP contribution in [0.2, 0.25) is 0 Å². The molecule has 0 radical (unpaired) electrons. The number of anilines is 1. The van der Waals surface area contributed by atoms with E-state index in [4.69, 9.17) is 4.74 Å². The summed E-state index contributed by atoms with van der Waals surface area (Å²) in [6.45, 7) is 8.41. The van der Waals surface area contributed by atoms with Gasteiger partial charge in [0.05, 0.1) is 12.2 Å². The highest BCUT2D eigenvalue weighted by atomic mass is 32.1. The third kappa shape index (κ3) is 4.00. The van der Waals surface area contributed by atoms with E-state index < -0.39 is 0 Å². The lowest BCUT2D eigenvalue weighted by atomic mass is 9.85. The first-order valence-electron chi connectivity index (χ1n) is 9.17. The zero-order valence-electron chi connectivity index (χ0n) is 15.2. The normalized spacial score (nSPS) is 16.8. The lowest BCUT2D eigenvalue weighted by Gasteiger charge is -2.21. The zero-order chi connectivity index (χ0) is 17.7. The quantitative estimate of drug-likeness (QED) is 0.717. The number of ether oxygens (including phenoxy) is 1. The van der Waals surface area contributed by atoms with E-state index in [2.05, 4.69) is 12.2 Å². The third-order valence-corrected chi connectivity index (χ3v) is 6.19. The number of carbonyl (C=O) groups excluding carboxylic acids is 2. The van der Waals surface area contributed by atoms with Gasteiger partial charge in [0.15, 0.2) is 0 Å². The number of esters is 1. The lowest BCUT2D eigenvalue weighted by Crippen LogP contribution is -2.22. The lowest BCUT2D eigenvalue weighted by molar-refractivity contribution is -0.120. The SMILES string of the molecule is CCOC(=O)c1c(NC(=O)C(CC)CC)sc2c1CC[C@H](CC)C2. The van der Waals surface area contributed by atoms with E-state index in [0.29, 0.717) is 23.1 Å². The minimum absolute atomic E-state index is 0.0104. The average molecular weight is 352 g/mol. The molecular formula is C19H29NO3S. The van der Waals surface area contributed by atoms with Gasteiger partial charge in [-0.3, -0.25) is 4.79 Å². The number of fused-ring (bicyclic) bond motifs is 1. The van der Waals surface area contributed by atoms with Gasteiger partial charge in [-0.05, 0) is 50.5 Å². The molecule has 24 heavy (non-hydrogen) atoms. The molecule has 5 heteroatoms. The summed E-state index contributed by atoms with van der Waals surface area (Å²) in [7, 11) is 0. The molecule has 2 rings (SSSR count). The van der Waals surface area contributed by atoms with Crippen LogP contribution >= 0.6 is 11.3 Å². The molecule has 1 heterocycles. The van der Waals surface area contributed by atoms with E-state index >= 15 is 0 Å². The van der Waals surface area contributed by atoms with E-state index in [1.54, 1.807) is 11.3 Å². The van der Waals surface area contributed by atoms with Crippen molar-refractivity contribution in [3.8, 4) is 0 Å². The monoisotopic (exact) mass is 351 g/mol. The molecule has 134 valence electrons. The van der Waals surface area contributed by atoms with Crippen LogP contribution in [0.15, 0.2) is 0 Å². The molecule has 0 aliphatic heterocycles. The molecule has 1 aromatic rings. The van der Waals surface area contributed by atoms with Crippen molar-refractivity contribution in [2.75, 3.05) is 11.9 Å². The van der Waals surface area contributed by atoms with Crippen LogP contribution in [0.5, 0.6) is 0 Å². The Labute approximate surface area is 149 Å². The van der Waals surface area contributed by atoms with Crippen molar-refractivity contribution in [2.45, 2.75) is 66.2 Å². The van der Waals surface area contributed by atoms with E-state index in [0.717, 1.165) is 44.1 Å². The second kappa shape index (κ2) is 8.65. The Morgan fingerprint density at radius 3 is 2.54 bits per heavy atom. The van der Waals surface area contributed by atoms with Gasteiger partial charge in [-0.25, -0.2) is 4.79 Å². The molecule has 0 unspecified atom stereocenters. The maximum absolute atomic E-state index is 12.5. The Balaban J connectivity index is 2.34. The number of carbonyl (C=O) groups is 2. The summed E-state index contributed by atoms with van der Waals surface area (Å²) < 4.78 is 5.26. The first-order valence-corrected chi connectivity index (χ1v) is 9.99. The van der Waals surface area contributed by atoms with E-state index in [-0.39, 0.29) is 17.8 Å². The standard InChI is InChI=1S/C19H29NO3S/c1-5-12-9-10-14-15(11-12)24-18(16(14)19(22)23-8-4)20-17(21)13(6-2)7-3/h12-13H,5-11H2,1-4H3,(H,20,21)/t12-/m0/s1. The van der Waals surface area contributed by atoms with Gasteiger partial charge in [0, 0.05) is 10.8 Å². The summed E-state index contributed by atoms with van der Waals surface area (Å²) in [5.41, 5.74) is 1.70. The molecule has 1 aliphatic rings. The Morgan fingerprint density at radius 2 is 1.96 bits per heavy atom. The number of amides is 1. The maximum Gasteiger partial charge on any atom is 0.341 e. The smallest absolute Gasteiger partial charge is 0.341 e. The number of hydrogen-bond acceptors (Lipinski definition) is 4. The fourth-order valence-corrected chi connectivity index (χ4v) is 4.74. The summed E-state index contributed by atoms with van der Waals surface area (Å²) in [6, 6.07) is 0. The van der Waals surface area contributed by atoms with Gasteiger partial charge in [0.1, 0.15) is 5.00 Å². The number of thiophene rings is 1. The van der Waals surface area contributed by atoms with Gasteiger partial charge < -0.3 is 10.1 Å². The molecule has 1 aromatic heterocycles. The third-order valence-electron chi connectivity index (χ3n) is 5.02.